The van der Waals surface area contributed by atoms with Gasteiger partial charge in [-0.25, -0.2) is 0 Å². The SMILES string of the molecule is CC(=O)NC1CN(CC(C)C)C1. The molecule has 1 heterocycles. The van der Waals surface area contributed by atoms with Crippen molar-refractivity contribution in [1.29, 1.82) is 0 Å². The normalized spacial score (nSPS) is 19.3. The van der Waals surface area contributed by atoms with Crippen LogP contribution >= 0.6 is 0 Å². The molecule has 3 nitrogen and oxygen atoms in total. The standard InChI is InChI=1S/C9H18N2O/c1-7(2)4-11-5-9(6-11)10-8(3)12/h7,9H,4-6H2,1-3H3,(H,10,12). The number of hydrogen-bond donors (Lipinski definition) is 1. The highest BCUT2D eigenvalue weighted by atomic mass is 16.1. The molecule has 0 saturated carbocycles. The minimum Gasteiger partial charge on any atom is -0.351 e. The van der Waals surface area contributed by atoms with Gasteiger partial charge in [0.05, 0.1) is 6.04 Å². The molecule has 0 unspecified atom stereocenters. The van der Waals surface area contributed by atoms with Gasteiger partial charge in [-0.2, -0.15) is 0 Å². The second-order valence-corrected chi connectivity index (χ2v) is 4.01. The van der Waals surface area contributed by atoms with Gasteiger partial charge in [0, 0.05) is 26.6 Å². The van der Waals surface area contributed by atoms with E-state index in [1.807, 2.05) is 0 Å². The monoisotopic (exact) mass is 170 g/mol. The van der Waals surface area contributed by atoms with Crippen molar-refractivity contribution < 1.29 is 4.79 Å². The number of hydrogen-bond acceptors (Lipinski definition) is 2. The Morgan fingerprint density at radius 2 is 2.17 bits per heavy atom. The van der Waals surface area contributed by atoms with Gasteiger partial charge in [0.15, 0.2) is 0 Å². The maximum atomic E-state index is 10.6. The van der Waals surface area contributed by atoms with Gasteiger partial charge >= 0.3 is 0 Å². The molecule has 0 spiro atoms. The van der Waals surface area contributed by atoms with Crippen molar-refractivity contribution in [1.82, 2.24) is 10.2 Å². The van der Waals surface area contributed by atoms with E-state index in [-0.39, 0.29) is 5.91 Å². The third-order valence-electron chi connectivity index (χ3n) is 1.99. The molecular weight excluding hydrogens is 152 g/mol. The highest BCUT2D eigenvalue weighted by Gasteiger charge is 2.26. The van der Waals surface area contributed by atoms with E-state index in [4.69, 9.17) is 0 Å². The van der Waals surface area contributed by atoms with Crippen molar-refractivity contribution in [3.8, 4) is 0 Å². The smallest absolute Gasteiger partial charge is 0.217 e. The molecule has 1 aliphatic heterocycles. The summed E-state index contributed by atoms with van der Waals surface area (Å²) in [4.78, 5) is 13.0. The van der Waals surface area contributed by atoms with Crippen LogP contribution in [0, 0.1) is 5.92 Å². The molecular formula is C9H18N2O. The number of nitrogens with zero attached hydrogens (tertiary/aromatic N) is 1. The second-order valence-electron chi connectivity index (χ2n) is 4.01. The highest BCUT2D eigenvalue weighted by Crippen LogP contribution is 2.09. The third-order valence-corrected chi connectivity index (χ3v) is 1.99. The van der Waals surface area contributed by atoms with E-state index in [1.165, 1.54) is 0 Å². The van der Waals surface area contributed by atoms with Crippen LogP contribution in [0.5, 0.6) is 0 Å². The van der Waals surface area contributed by atoms with Crippen molar-refractivity contribution in [2.75, 3.05) is 19.6 Å². The van der Waals surface area contributed by atoms with Crippen molar-refractivity contribution in [2.24, 2.45) is 5.92 Å². The number of rotatable bonds is 3. The first-order chi connectivity index (χ1) is 5.58. The van der Waals surface area contributed by atoms with Crippen LogP contribution in [0.3, 0.4) is 0 Å². The Morgan fingerprint density at radius 3 is 2.58 bits per heavy atom. The van der Waals surface area contributed by atoms with E-state index in [1.54, 1.807) is 6.92 Å². The summed E-state index contributed by atoms with van der Waals surface area (Å²) in [5.74, 6) is 0.812. The molecule has 70 valence electrons. The van der Waals surface area contributed by atoms with Gasteiger partial charge in [-0.1, -0.05) is 13.8 Å². The zero-order chi connectivity index (χ0) is 9.14. The summed E-state index contributed by atoms with van der Waals surface area (Å²) in [5.41, 5.74) is 0. The minimum atomic E-state index is 0.0872. The molecule has 0 aromatic rings. The van der Waals surface area contributed by atoms with Gasteiger partial charge in [0.25, 0.3) is 0 Å². The summed E-state index contributed by atoms with van der Waals surface area (Å²) < 4.78 is 0. The van der Waals surface area contributed by atoms with E-state index in [0.29, 0.717) is 6.04 Å². The molecule has 1 rings (SSSR count). The van der Waals surface area contributed by atoms with Crippen LogP contribution < -0.4 is 5.32 Å². The van der Waals surface area contributed by atoms with E-state index < -0.39 is 0 Å². The minimum absolute atomic E-state index is 0.0872. The topological polar surface area (TPSA) is 32.3 Å². The largest absolute Gasteiger partial charge is 0.351 e. The lowest BCUT2D eigenvalue weighted by molar-refractivity contribution is -0.120. The van der Waals surface area contributed by atoms with Gasteiger partial charge in [0.1, 0.15) is 0 Å². The quantitative estimate of drug-likeness (QED) is 0.667. The van der Waals surface area contributed by atoms with Crippen molar-refractivity contribution in [3.05, 3.63) is 0 Å². The number of carbonyl (C=O) groups is 1. The lowest BCUT2D eigenvalue weighted by atomic mass is 10.1. The van der Waals surface area contributed by atoms with Gasteiger partial charge in [0.2, 0.25) is 5.91 Å². The Labute approximate surface area is 74.1 Å². The van der Waals surface area contributed by atoms with Crippen molar-refractivity contribution in [2.45, 2.75) is 26.8 Å². The van der Waals surface area contributed by atoms with E-state index in [2.05, 4.69) is 24.1 Å². The Morgan fingerprint density at radius 1 is 1.58 bits per heavy atom. The molecule has 0 aromatic carbocycles. The molecule has 0 aliphatic carbocycles. The van der Waals surface area contributed by atoms with Crippen LogP contribution in [-0.2, 0) is 4.79 Å². The van der Waals surface area contributed by atoms with E-state index in [9.17, 15) is 4.79 Å². The lowest BCUT2D eigenvalue weighted by Crippen LogP contribution is -2.59. The predicted octanol–water partition coefficient (Wildman–Crippen LogP) is 0.463. The van der Waals surface area contributed by atoms with Gasteiger partial charge in [-0.05, 0) is 5.92 Å². The average molecular weight is 170 g/mol. The second kappa shape index (κ2) is 3.90. The van der Waals surface area contributed by atoms with Crippen molar-refractivity contribution in [3.63, 3.8) is 0 Å². The molecule has 0 radical (unpaired) electrons. The maximum Gasteiger partial charge on any atom is 0.217 e. The van der Waals surface area contributed by atoms with Crippen LogP contribution in [0.15, 0.2) is 0 Å². The summed E-state index contributed by atoms with van der Waals surface area (Å²) in [6.45, 7) is 9.20. The van der Waals surface area contributed by atoms with Crippen LogP contribution in [0.1, 0.15) is 20.8 Å². The first kappa shape index (κ1) is 9.52. The molecule has 1 amide bonds. The zero-order valence-corrected chi connectivity index (χ0v) is 8.13. The number of nitrogens with one attached hydrogen (secondary N) is 1. The molecule has 1 aliphatic rings. The van der Waals surface area contributed by atoms with Gasteiger partial charge in [-0.3, -0.25) is 9.69 Å². The average Bonchev–Trinajstić information content (AvgIpc) is 1.80. The highest BCUT2D eigenvalue weighted by molar-refractivity contribution is 5.73. The Bertz CT molecular complexity index is 162. The summed E-state index contributed by atoms with van der Waals surface area (Å²) >= 11 is 0. The molecule has 1 N–H and O–H groups in total. The van der Waals surface area contributed by atoms with Crippen LogP contribution in [0.25, 0.3) is 0 Å². The first-order valence-corrected chi connectivity index (χ1v) is 4.57. The van der Waals surface area contributed by atoms with Crippen LogP contribution in [-0.4, -0.2) is 36.5 Å². The zero-order valence-electron chi connectivity index (χ0n) is 8.13. The number of likely N-dealkylation sites (tertiary alicyclic amines) is 1. The van der Waals surface area contributed by atoms with E-state index in [0.717, 1.165) is 25.6 Å². The third kappa shape index (κ3) is 2.81. The molecule has 0 bridgehead atoms. The molecule has 0 aromatic heterocycles. The fourth-order valence-corrected chi connectivity index (χ4v) is 1.61. The predicted molar refractivity (Wildman–Crippen MR) is 48.9 cm³/mol. The Balaban J connectivity index is 2.08. The Hall–Kier alpha value is -0.570. The summed E-state index contributed by atoms with van der Waals surface area (Å²) in [5, 5.41) is 2.90. The van der Waals surface area contributed by atoms with Crippen LogP contribution in [0.2, 0.25) is 0 Å². The number of amides is 1. The molecule has 12 heavy (non-hydrogen) atoms. The molecule has 1 saturated heterocycles. The molecule has 0 atom stereocenters. The summed E-state index contributed by atoms with van der Waals surface area (Å²) in [6, 6.07) is 0.404. The Kier molecular flexibility index (Phi) is 3.09. The summed E-state index contributed by atoms with van der Waals surface area (Å²) in [7, 11) is 0. The van der Waals surface area contributed by atoms with Crippen LogP contribution in [0.4, 0.5) is 0 Å². The fraction of sp³-hybridized carbons (Fsp3) is 0.889. The number of carbonyl (C=O) groups excluding carboxylic acids is 1. The van der Waals surface area contributed by atoms with Gasteiger partial charge in [-0.15, -0.1) is 0 Å². The van der Waals surface area contributed by atoms with Crippen molar-refractivity contribution >= 4 is 5.91 Å². The molecule has 1 fully saturated rings. The molecule has 3 heteroatoms. The summed E-state index contributed by atoms with van der Waals surface area (Å²) in [6.07, 6.45) is 0. The first-order valence-electron chi connectivity index (χ1n) is 4.57. The van der Waals surface area contributed by atoms with Gasteiger partial charge < -0.3 is 5.32 Å². The lowest BCUT2D eigenvalue weighted by Gasteiger charge is -2.40. The maximum absolute atomic E-state index is 10.6. The fourth-order valence-electron chi connectivity index (χ4n) is 1.61. The van der Waals surface area contributed by atoms with E-state index >= 15 is 0 Å².